The minimum absolute atomic E-state index is 0.141. The van der Waals surface area contributed by atoms with E-state index in [0.29, 0.717) is 24.8 Å². The maximum absolute atomic E-state index is 13.2. The molecule has 0 N–H and O–H groups in total. The third kappa shape index (κ3) is 6.62. The van der Waals surface area contributed by atoms with Crippen LogP contribution < -0.4 is 0 Å². The summed E-state index contributed by atoms with van der Waals surface area (Å²) in [6.07, 6.45) is 4.08. The second-order valence-corrected chi connectivity index (χ2v) is 9.40. The Balaban J connectivity index is 2.49. The van der Waals surface area contributed by atoms with Gasteiger partial charge in [-0.05, 0) is 51.7 Å². The van der Waals surface area contributed by atoms with Crippen molar-refractivity contribution in [1.29, 1.82) is 0 Å². The SMILES string of the molecule is CC[C@H]1OC(=O)C(C)C(=O)C(C)C[C@@](C)(OC)C[C@@H](C)C(=O)/C(C)=C/C1OC(=O)n1ccnc1. The third-order valence-corrected chi connectivity index (χ3v) is 6.47. The highest BCUT2D eigenvalue weighted by molar-refractivity contribution is 6.00. The fourth-order valence-corrected chi connectivity index (χ4v) is 4.39. The van der Waals surface area contributed by atoms with Gasteiger partial charge in [-0.1, -0.05) is 20.8 Å². The lowest BCUT2D eigenvalue weighted by atomic mass is 9.79. The van der Waals surface area contributed by atoms with Crippen LogP contribution in [-0.4, -0.2) is 58.1 Å². The van der Waals surface area contributed by atoms with Crippen LogP contribution >= 0.6 is 0 Å². The molecule has 34 heavy (non-hydrogen) atoms. The first kappa shape index (κ1) is 27.4. The fraction of sp³-hybridized carbons (Fsp3) is 0.640. The van der Waals surface area contributed by atoms with Crippen molar-refractivity contribution in [1.82, 2.24) is 9.55 Å². The van der Waals surface area contributed by atoms with Crippen LogP contribution in [0.3, 0.4) is 0 Å². The molecule has 1 aliphatic heterocycles. The Labute approximate surface area is 200 Å². The van der Waals surface area contributed by atoms with E-state index in [1.54, 1.807) is 27.9 Å². The zero-order valence-electron chi connectivity index (χ0n) is 21.1. The van der Waals surface area contributed by atoms with Gasteiger partial charge in [0.05, 0.1) is 5.60 Å². The number of carbonyl (C=O) groups excluding carboxylic acids is 4. The summed E-state index contributed by atoms with van der Waals surface area (Å²) < 4.78 is 18.1. The number of ether oxygens (including phenoxy) is 3. The van der Waals surface area contributed by atoms with Gasteiger partial charge in [-0.15, -0.1) is 0 Å². The number of hydrogen-bond acceptors (Lipinski definition) is 8. The van der Waals surface area contributed by atoms with Crippen molar-refractivity contribution in [3.8, 4) is 0 Å². The number of carbonyl (C=O) groups is 4. The molecule has 1 aliphatic rings. The number of hydrogen-bond donors (Lipinski definition) is 0. The maximum atomic E-state index is 13.2. The molecule has 1 aromatic heterocycles. The highest BCUT2D eigenvalue weighted by Crippen LogP contribution is 2.31. The van der Waals surface area contributed by atoms with E-state index in [2.05, 4.69) is 4.98 Å². The molecule has 1 aromatic rings. The molecule has 9 heteroatoms. The van der Waals surface area contributed by atoms with Gasteiger partial charge in [-0.2, -0.15) is 0 Å². The average Bonchev–Trinajstić information content (AvgIpc) is 3.34. The number of rotatable bonds is 3. The predicted octanol–water partition coefficient (Wildman–Crippen LogP) is 3.75. The first-order chi connectivity index (χ1) is 15.9. The zero-order valence-corrected chi connectivity index (χ0v) is 21.1. The van der Waals surface area contributed by atoms with Gasteiger partial charge in [0.1, 0.15) is 24.1 Å². The monoisotopic (exact) mass is 476 g/mol. The molecular formula is C25H36N2O7. The number of ketones is 2. The molecule has 0 aromatic carbocycles. The Bertz CT molecular complexity index is 924. The molecule has 2 rings (SSSR count). The van der Waals surface area contributed by atoms with Gasteiger partial charge in [-0.25, -0.2) is 14.3 Å². The van der Waals surface area contributed by atoms with Crippen molar-refractivity contribution in [2.24, 2.45) is 17.8 Å². The molecule has 0 aliphatic carbocycles. The van der Waals surface area contributed by atoms with Crippen molar-refractivity contribution in [2.45, 2.75) is 78.6 Å². The quantitative estimate of drug-likeness (QED) is 0.479. The van der Waals surface area contributed by atoms with Crippen molar-refractivity contribution in [3.63, 3.8) is 0 Å². The average molecular weight is 477 g/mol. The first-order valence-electron chi connectivity index (χ1n) is 11.6. The first-order valence-corrected chi connectivity index (χ1v) is 11.6. The minimum Gasteiger partial charge on any atom is -0.458 e. The van der Waals surface area contributed by atoms with Crippen molar-refractivity contribution in [3.05, 3.63) is 30.4 Å². The lowest BCUT2D eigenvalue weighted by Crippen LogP contribution is -2.41. The Morgan fingerprint density at radius 1 is 1.21 bits per heavy atom. The van der Waals surface area contributed by atoms with E-state index < -0.39 is 47.6 Å². The number of aromatic nitrogens is 2. The number of cyclic esters (lactones) is 1. The number of allylic oxidation sites excluding steroid dienone is 1. The number of imidazole rings is 1. The van der Waals surface area contributed by atoms with Crippen LogP contribution in [0.2, 0.25) is 0 Å². The maximum Gasteiger partial charge on any atom is 0.419 e. The van der Waals surface area contributed by atoms with E-state index in [9.17, 15) is 19.2 Å². The molecule has 0 spiro atoms. The second kappa shape index (κ2) is 11.6. The van der Waals surface area contributed by atoms with E-state index in [1.165, 1.54) is 31.7 Å². The van der Waals surface area contributed by atoms with Gasteiger partial charge in [0, 0.05) is 31.3 Å². The van der Waals surface area contributed by atoms with Crippen LogP contribution in [0, 0.1) is 17.8 Å². The smallest absolute Gasteiger partial charge is 0.419 e. The molecule has 0 radical (unpaired) electrons. The summed E-state index contributed by atoms with van der Waals surface area (Å²) >= 11 is 0. The number of Topliss-reactive ketones (excluding diaryl/α,β-unsaturated/α-hetero) is 2. The van der Waals surface area contributed by atoms with Gasteiger partial charge >= 0.3 is 12.1 Å². The van der Waals surface area contributed by atoms with Crippen molar-refractivity contribution in [2.75, 3.05) is 7.11 Å². The summed E-state index contributed by atoms with van der Waals surface area (Å²) in [7, 11) is 1.55. The normalized spacial score (nSPS) is 33.4. The summed E-state index contributed by atoms with van der Waals surface area (Å²) in [5.74, 6) is -2.99. The van der Waals surface area contributed by atoms with Crippen LogP contribution in [0.1, 0.15) is 60.8 Å². The fourth-order valence-electron chi connectivity index (χ4n) is 4.39. The van der Waals surface area contributed by atoms with Crippen LogP contribution in [0.15, 0.2) is 30.4 Å². The summed E-state index contributed by atoms with van der Waals surface area (Å²) in [6, 6.07) is 0. The van der Waals surface area contributed by atoms with Gasteiger partial charge < -0.3 is 14.2 Å². The van der Waals surface area contributed by atoms with Gasteiger partial charge in [0.15, 0.2) is 11.9 Å². The summed E-state index contributed by atoms with van der Waals surface area (Å²) in [5.41, 5.74) is -0.352. The predicted molar refractivity (Wildman–Crippen MR) is 124 cm³/mol. The van der Waals surface area contributed by atoms with Crippen LogP contribution in [0.25, 0.3) is 0 Å². The van der Waals surface area contributed by atoms with E-state index in [4.69, 9.17) is 14.2 Å². The van der Waals surface area contributed by atoms with E-state index in [0.717, 1.165) is 4.57 Å². The van der Waals surface area contributed by atoms with Gasteiger partial charge in [0.2, 0.25) is 0 Å². The van der Waals surface area contributed by atoms with E-state index in [-0.39, 0.29) is 11.6 Å². The number of nitrogens with zero attached hydrogens (tertiary/aromatic N) is 2. The van der Waals surface area contributed by atoms with Crippen molar-refractivity contribution < 1.29 is 33.4 Å². The number of esters is 1. The summed E-state index contributed by atoms with van der Waals surface area (Å²) in [4.78, 5) is 55.5. The molecular weight excluding hydrogens is 440 g/mol. The molecule has 0 amide bonds. The van der Waals surface area contributed by atoms with E-state index in [1.807, 2.05) is 13.8 Å². The zero-order chi connectivity index (χ0) is 25.6. The lowest BCUT2D eigenvalue weighted by Gasteiger charge is -2.34. The van der Waals surface area contributed by atoms with Crippen LogP contribution in [-0.2, 0) is 28.6 Å². The third-order valence-electron chi connectivity index (χ3n) is 6.47. The van der Waals surface area contributed by atoms with Gasteiger partial charge in [-0.3, -0.25) is 14.4 Å². The molecule has 2 heterocycles. The van der Waals surface area contributed by atoms with Crippen LogP contribution in [0.5, 0.6) is 0 Å². The van der Waals surface area contributed by atoms with Crippen LogP contribution in [0.4, 0.5) is 4.79 Å². The molecule has 3 unspecified atom stereocenters. The van der Waals surface area contributed by atoms with E-state index >= 15 is 0 Å². The molecule has 6 atom stereocenters. The molecule has 0 bridgehead atoms. The number of methoxy groups -OCH3 is 1. The lowest BCUT2D eigenvalue weighted by molar-refractivity contribution is -0.161. The van der Waals surface area contributed by atoms with Gasteiger partial charge in [0.25, 0.3) is 0 Å². The molecule has 188 valence electrons. The Morgan fingerprint density at radius 2 is 1.85 bits per heavy atom. The largest absolute Gasteiger partial charge is 0.458 e. The molecule has 0 fully saturated rings. The Hall–Kier alpha value is -2.81. The topological polar surface area (TPSA) is 114 Å². The summed E-state index contributed by atoms with van der Waals surface area (Å²) in [6.45, 7) is 10.4. The Morgan fingerprint density at radius 3 is 2.41 bits per heavy atom. The Kier molecular flexibility index (Phi) is 9.32. The summed E-state index contributed by atoms with van der Waals surface area (Å²) in [5, 5.41) is 0. The molecule has 0 saturated heterocycles. The highest BCUT2D eigenvalue weighted by Gasteiger charge is 2.38. The highest BCUT2D eigenvalue weighted by atomic mass is 16.6. The standard InChI is InChI=1S/C25H36N2O7/c1-8-19-20(34-24(31)27-10-9-26-14-27)11-15(2)21(28)16(3)12-25(6,32-7)13-17(4)22(29)18(5)23(30)33-19/h9-11,14,16-20H,8,12-13H2,1-7H3/b15-11+/t16-,17?,18?,19-,20?,25+/m1/s1. The second-order valence-electron chi connectivity index (χ2n) is 9.40. The molecule has 9 nitrogen and oxygen atoms in total. The van der Waals surface area contributed by atoms with Crippen molar-refractivity contribution >= 4 is 23.6 Å². The molecule has 0 saturated carbocycles. The minimum atomic E-state index is -1.03.